The van der Waals surface area contributed by atoms with Gasteiger partial charge in [0.25, 0.3) is 5.91 Å². The van der Waals surface area contributed by atoms with E-state index in [1.807, 2.05) is 20.0 Å². The lowest BCUT2D eigenvalue weighted by atomic mass is 9.97. The predicted molar refractivity (Wildman–Crippen MR) is 77.3 cm³/mol. The van der Waals surface area contributed by atoms with Gasteiger partial charge in [-0.25, -0.2) is 4.98 Å². The number of aromatic nitrogens is 1. The van der Waals surface area contributed by atoms with Crippen molar-refractivity contribution < 1.29 is 4.79 Å². The Labute approximate surface area is 115 Å². The van der Waals surface area contributed by atoms with Crippen LogP contribution in [-0.2, 0) is 0 Å². The first-order valence-corrected chi connectivity index (χ1v) is 6.98. The van der Waals surface area contributed by atoms with Crippen molar-refractivity contribution >= 4 is 11.7 Å². The van der Waals surface area contributed by atoms with E-state index in [1.165, 1.54) is 6.42 Å². The molecule has 0 aromatic carbocycles. The van der Waals surface area contributed by atoms with Gasteiger partial charge in [-0.2, -0.15) is 0 Å². The molecule has 2 rings (SSSR count). The molecule has 4 heteroatoms. The lowest BCUT2D eigenvalue weighted by Gasteiger charge is -2.20. The van der Waals surface area contributed by atoms with Crippen molar-refractivity contribution in [3.8, 4) is 0 Å². The molecule has 1 aromatic rings. The number of amides is 1. The minimum atomic E-state index is 0.00736. The molecule has 0 saturated heterocycles. The number of rotatable bonds is 3. The summed E-state index contributed by atoms with van der Waals surface area (Å²) in [4.78, 5) is 16.6. The fourth-order valence-electron chi connectivity index (χ4n) is 2.75. The largest absolute Gasteiger partial charge is 0.373 e. The van der Waals surface area contributed by atoms with Gasteiger partial charge in [0.15, 0.2) is 0 Å². The number of aryl methyl sites for hydroxylation is 1. The van der Waals surface area contributed by atoms with Crippen LogP contribution in [0.25, 0.3) is 0 Å². The lowest BCUT2D eigenvalue weighted by Crippen LogP contribution is -2.37. The Hall–Kier alpha value is -1.58. The average Bonchev–Trinajstić information content (AvgIpc) is 2.70. The Bertz CT molecular complexity index is 472. The molecule has 1 aliphatic rings. The smallest absolute Gasteiger partial charge is 0.251 e. The van der Waals surface area contributed by atoms with Crippen LogP contribution in [0.4, 0.5) is 5.82 Å². The number of hydrogen-bond acceptors (Lipinski definition) is 3. The molecule has 0 aliphatic heterocycles. The fourth-order valence-corrected chi connectivity index (χ4v) is 2.75. The normalized spacial score (nSPS) is 26.2. The molecular formula is C15H23N3O. The monoisotopic (exact) mass is 261 g/mol. The van der Waals surface area contributed by atoms with Crippen molar-refractivity contribution in [1.29, 1.82) is 0 Å². The van der Waals surface area contributed by atoms with E-state index in [0.29, 0.717) is 23.4 Å². The van der Waals surface area contributed by atoms with E-state index < -0.39 is 0 Å². The van der Waals surface area contributed by atoms with Crippen molar-refractivity contribution in [1.82, 2.24) is 10.3 Å². The van der Waals surface area contributed by atoms with Gasteiger partial charge < -0.3 is 10.6 Å². The highest BCUT2D eigenvalue weighted by Gasteiger charge is 2.30. The summed E-state index contributed by atoms with van der Waals surface area (Å²) in [5.74, 6) is 1.99. The molecule has 1 heterocycles. The zero-order valence-electron chi connectivity index (χ0n) is 12.2. The molecule has 4 nitrogen and oxygen atoms in total. The van der Waals surface area contributed by atoms with Crippen LogP contribution < -0.4 is 10.6 Å². The second-order valence-electron chi connectivity index (χ2n) is 5.63. The molecule has 1 saturated carbocycles. The molecule has 104 valence electrons. The molecule has 0 radical (unpaired) electrons. The van der Waals surface area contributed by atoms with Gasteiger partial charge in [-0.1, -0.05) is 13.8 Å². The first kappa shape index (κ1) is 13.8. The van der Waals surface area contributed by atoms with Crippen LogP contribution in [0.15, 0.2) is 12.1 Å². The maximum atomic E-state index is 12.3. The van der Waals surface area contributed by atoms with E-state index in [4.69, 9.17) is 0 Å². The molecule has 1 fully saturated rings. The SMILES string of the molecule is CNc1cc(C(=O)NC2CCC(C)C2C)cc(C)n1. The number of nitrogens with one attached hydrogen (secondary N) is 2. The number of pyridine rings is 1. The average molecular weight is 261 g/mol. The van der Waals surface area contributed by atoms with Crippen LogP contribution in [0.2, 0.25) is 0 Å². The van der Waals surface area contributed by atoms with Crippen LogP contribution in [0.3, 0.4) is 0 Å². The summed E-state index contributed by atoms with van der Waals surface area (Å²) >= 11 is 0. The second kappa shape index (κ2) is 5.59. The Morgan fingerprint density at radius 3 is 2.63 bits per heavy atom. The van der Waals surface area contributed by atoms with Crippen LogP contribution in [-0.4, -0.2) is 24.0 Å². The lowest BCUT2D eigenvalue weighted by molar-refractivity contribution is 0.0927. The van der Waals surface area contributed by atoms with Crippen molar-refractivity contribution in [2.45, 2.75) is 39.7 Å². The van der Waals surface area contributed by atoms with Gasteiger partial charge in [0.05, 0.1) is 0 Å². The molecule has 1 amide bonds. The molecule has 2 N–H and O–H groups in total. The Morgan fingerprint density at radius 2 is 2.05 bits per heavy atom. The fraction of sp³-hybridized carbons (Fsp3) is 0.600. The maximum absolute atomic E-state index is 12.3. The van der Waals surface area contributed by atoms with E-state index >= 15 is 0 Å². The highest BCUT2D eigenvalue weighted by atomic mass is 16.1. The second-order valence-corrected chi connectivity index (χ2v) is 5.63. The highest BCUT2D eigenvalue weighted by Crippen LogP contribution is 2.31. The number of hydrogen-bond donors (Lipinski definition) is 2. The number of anilines is 1. The van der Waals surface area contributed by atoms with Crippen molar-refractivity contribution in [3.63, 3.8) is 0 Å². The summed E-state index contributed by atoms with van der Waals surface area (Å²) in [7, 11) is 1.81. The molecular weight excluding hydrogens is 238 g/mol. The van der Waals surface area contributed by atoms with Crippen molar-refractivity contribution in [2.75, 3.05) is 12.4 Å². The van der Waals surface area contributed by atoms with Crippen molar-refractivity contribution in [2.24, 2.45) is 11.8 Å². The zero-order chi connectivity index (χ0) is 14.0. The quantitative estimate of drug-likeness (QED) is 0.879. The topological polar surface area (TPSA) is 54.0 Å². The number of carbonyl (C=O) groups is 1. The third kappa shape index (κ3) is 3.06. The molecule has 1 aliphatic carbocycles. The highest BCUT2D eigenvalue weighted by molar-refractivity contribution is 5.95. The Kier molecular flexibility index (Phi) is 4.08. The molecule has 3 atom stereocenters. The number of nitrogens with zero attached hydrogens (tertiary/aromatic N) is 1. The summed E-state index contributed by atoms with van der Waals surface area (Å²) in [6.45, 7) is 6.38. The minimum absolute atomic E-state index is 0.00736. The van der Waals surface area contributed by atoms with Gasteiger partial charge in [0.1, 0.15) is 5.82 Å². The molecule has 19 heavy (non-hydrogen) atoms. The summed E-state index contributed by atoms with van der Waals surface area (Å²) in [5, 5.41) is 6.14. The Morgan fingerprint density at radius 1 is 1.32 bits per heavy atom. The van der Waals surface area contributed by atoms with Gasteiger partial charge in [0, 0.05) is 24.3 Å². The van der Waals surface area contributed by atoms with Crippen molar-refractivity contribution in [3.05, 3.63) is 23.4 Å². The van der Waals surface area contributed by atoms with Crippen LogP contribution in [0.5, 0.6) is 0 Å². The van der Waals surface area contributed by atoms with Gasteiger partial charge >= 0.3 is 0 Å². The molecule has 0 bridgehead atoms. The summed E-state index contributed by atoms with van der Waals surface area (Å²) in [5.41, 5.74) is 1.54. The van der Waals surface area contributed by atoms with E-state index in [-0.39, 0.29) is 5.91 Å². The molecule has 3 unspecified atom stereocenters. The maximum Gasteiger partial charge on any atom is 0.251 e. The number of carbonyl (C=O) groups excluding carboxylic acids is 1. The van der Waals surface area contributed by atoms with Gasteiger partial charge in [-0.3, -0.25) is 4.79 Å². The van der Waals surface area contributed by atoms with Crippen LogP contribution >= 0.6 is 0 Å². The minimum Gasteiger partial charge on any atom is -0.373 e. The summed E-state index contributed by atoms with van der Waals surface area (Å²) < 4.78 is 0. The van der Waals surface area contributed by atoms with Gasteiger partial charge in [0.2, 0.25) is 0 Å². The van der Waals surface area contributed by atoms with Gasteiger partial charge in [-0.05, 0) is 43.7 Å². The van der Waals surface area contributed by atoms with E-state index in [9.17, 15) is 4.79 Å². The van der Waals surface area contributed by atoms with Crippen LogP contribution in [0.1, 0.15) is 42.7 Å². The van der Waals surface area contributed by atoms with Crippen LogP contribution in [0, 0.1) is 18.8 Å². The van der Waals surface area contributed by atoms with E-state index in [0.717, 1.165) is 17.9 Å². The van der Waals surface area contributed by atoms with E-state index in [1.54, 1.807) is 6.07 Å². The first-order valence-electron chi connectivity index (χ1n) is 6.98. The zero-order valence-corrected chi connectivity index (χ0v) is 12.2. The standard InChI is InChI=1S/C15H23N3O/c1-9-5-6-13(11(9)3)18-15(19)12-7-10(2)17-14(8-12)16-4/h7-9,11,13H,5-6H2,1-4H3,(H,16,17)(H,18,19). The summed E-state index contributed by atoms with van der Waals surface area (Å²) in [6.07, 6.45) is 2.28. The van der Waals surface area contributed by atoms with Gasteiger partial charge in [-0.15, -0.1) is 0 Å². The predicted octanol–water partition coefficient (Wildman–Crippen LogP) is 2.60. The first-order chi connectivity index (χ1) is 9.01. The third-order valence-electron chi connectivity index (χ3n) is 4.25. The summed E-state index contributed by atoms with van der Waals surface area (Å²) in [6, 6.07) is 3.93. The molecule has 1 aromatic heterocycles. The third-order valence-corrected chi connectivity index (χ3v) is 4.25. The Balaban J connectivity index is 2.10. The molecule has 0 spiro atoms. The van der Waals surface area contributed by atoms with E-state index in [2.05, 4.69) is 29.5 Å².